The van der Waals surface area contributed by atoms with Gasteiger partial charge in [0.15, 0.2) is 0 Å². The molecule has 19 heavy (non-hydrogen) atoms. The maximum atomic E-state index is 6.07. The summed E-state index contributed by atoms with van der Waals surface area (Å²) in [6.45, 7) is 5.39. The highest BCUT2D eigenvalue weighted by Gasteiger charge is 2.34. The topological polar surface area (TPSA) is 38.0 Å². The van der Waals surface area contributed by atoms with Crippen molar-refractivity contribution in [2.45, 2.75) is 45.1 Å². The van der Waals surface area contributed by atoms with E-state index < -0.39 is 0 Å². The molecule has 1 aliphatic rings. The van der Waals surface area contributed by atoms with Crippen LogP contribution in [0.4, 0.5) is 5.69 Å². The van der Waals surface area contributed by atoms with Crippen LogP contribution in [-0.2, 0) is 0 Å². The molecule has 0 amide bonds. The minimum atomic E-state index is 0.0964. The number of rotatable bonds is 4. The van der Waals surface area contributed by atoms with Crippen LogP contribution in [0.25, 0.3) is 0 Å². The number of benzene rings is 1. The minimum Gasteiger partial charge on any atom is -0.378 e. The van der Waals surface area contributed by atoms with Crippen molar-refractivity contribution in [1.29, 1.82) is 0 Å². The molecule has 2 nitrogen and oxygen atoms in total. The molecule has 0 heterocycles. The van der Waals surface area contributed by atoms with E-state index >= 15 is 0 Å². The van der Waals surface area contributed by atoms with Gasteiger partial charge in [-0.15, -0.1) is 0 Å². The van der Waals surface area contributed by atoms with E-state index in [0.29, 0.717) is 6.54 Å². The van der Waals surface area contributed by atoms with Crippen LogP contribution >= 0.6 is 15.9 Å². The first-order valence-corrected chi connectivity index (χ1v) is 8.08. The molecular weight excluding hydrogens is 300 g/mol. The van der Waals surface area contributed by atoms with Gasteiger partial charge in [-0.05, 0) is 61.8 Å². The standard InChI is InChI=1S/C16H25BrN2/c1-12(2)13-7-9-16(11-18,10-8-13)19-15-5-3-14(17)4-6-15/h3-6,12-13,19H,7-11,18H2,1-2H3. The number of halogens is 1. The van der Waals surface area contributed by atoms with E-state index in [1.807, 2.05) is 0 Å². The highest BCUT2D eigenvalue weighted by molar-refractivity contribution is 9.10. The molecule has 1 aromatic rings. The zero-order valence-electron chi connectivity index (χ0n) is 12.0. The van der Waals surface area contributed by atoms with Crippen LogP contribution in [0.2, 0.25) is 0 Å². The van der Waals surface area contributed by atoms with Gasteiger partial charge in [-0.25, -0.2) is 0 Å². The molecule has 2 rings (SSSR count). The fourth-order valence-electron chi connectivity index (χ4n) is 3.08. The lowest BCUT2D eigenvalue weighted by atomic mass is 9.72. The average molecular weight is 325 g/mol. The van der Waals surface area contributed by atoms with E-state index in [4.69, 9.17) is 5.73 Å². The number of hydrogen-bond acceptors (Lipinski definition) is 2. The second-order valence-corrected chi connectivity index (χ2v) is 7.11. The quantitative estimate of drug-likeness (QED) is 0.861. The minimum absolute atomic E-state index is 0.0964. The Hall–Kier alpha value is -0.540. The Labute approximate surface area is 125 Å². The molecule has 0 aromatic heterocycles. The van der Waals surface area contributed by atoms with Crippen molar-refractivity contribution in [2.24, 2.45) is 17.6 Å². The summed E-state index contributed by atoms with van der Waals surface area (Å²) in [6, 6.07) is 8.39. The van der Waals surface area contributed by atoms with E-state index in [1.54, 1.807) is 0 Å². The lowest BCUT2D eigenvalue weighted by Crippen LogP contribution is -2.48. The molecule has 1 fully saturated rings. The van der Waals surface area contributed by atoms with Crippen molar-refractivity contribution in [2.75, 3.05) is 11.9 Å². The van der Waals surface area contributed by atoms with Gasteiger partial charge in [-0.3, -0.25) is 0 Å². The molecule has 3 heteroatoms. The Morgan fingerprint density at radius 1 is 1.26 bits per heavy atom. The predicted octanol–water partition coefficient (Wildman–Crippen LogP) is 4.40. The summed E-state index contributed by atoms with van der Waals surface area (Å²) >= 11 is 3.47. The Bertz CT molecular complexity index is 392. The summed E-state index contributed by atoms with van der Waals surface area (Å²) in [5.41, 5.74) is 7.34. The molecule has 0 bridgehead atoms. The fourth-order valence-corrected chi connectivity index (χ4v) is 3.34. The van der Waals surface area contributed by atoms with E-state index in [2.05, 4.69) is 59.4 Å². The van der Waals surface area contributed by atoms with Gasteiger partial charge in [-0.1, -0.05) is 29.8 Å². The van der Waals surface area contributed by atoms with Crippen LogP contribution in [0.5, 0.6) is 0 Å². The zero-order valence-corrected chi connectivity index (χ0v) is 13.5. The molecule has 1 aliphatic carbocycles. The van der Waals surface area contributed by atoms with Gasteiger partial charge in [0.05, 0.1) is 0 Å². The second-order valence-electron chi connectivity index (χ2n) is 6.20. The van der Waals surface area contributed by atoms with Crippen LogP contribution < -0.4 is 11.1 Å². The summed E-state index contributed by atoms with van der Waals surface area (Å²) in [6.07, 6.45) is 4.95. The van der Waals surface area contributed by atoms with Gasteiger partial charge < -0.3 is 11.1 Å². The van der Waals surface area contributed by atoms with Crippen molar-refractivity contribution < 1.29 is 0 Å². The lowest BCUT2D eigenvalue weighted by molar-refractivity contribution is 0.213. The van der Waals surface area contributed by atoms with Gasteiger partial charge in [0.2, 0.25) is 0 Å². The van der Waals surface area contributed by atoms with E-state index in [9.17, 15) is 0 Å². The highest BCUT2D eigenvalue weighted by Crippen LogP contribution is 2.37. The van der Waals surface area contributed by atoms with Crippen LogP contribution in [0, 0.1) is 11.8 Å². The van der Waals surface area contributed by atoms with E-state index in [0.717, 1.165) is 16.3 Å². The molecule has 0 spiro atoms. The van der Waals surface area contributed by atoms with Crippen LogP contribution in [-0.4, -0.2) is 12.1 Å². The maximum Gasteiger partial charge on any atom is 0.0495 e. The van der Waals surface area contributed by atoms with Crippen molar-refractivity contribution >= 4 is 21.6 Å². The van der Waals surface area contributed by atoms with Gasteiger partial charge in [0.25, 0.3) is 0 Å². The van der Waals surface area contributed by atoms with Gasteiger partial charge in [0, 0.05) is 22.2 Å². The highest BCUT2D eigenvalue weighted by atomic mass is 79.9. The fraction of sp³-hybridized carbons (Fsp3) is 0.625. The molecule has 0 radical (unpaired) electrons. The van der Waals surface area contributed by atoms with Crippen LogP contribution in [0.1, 0.15) is 39.5 Å². The molecular formula is C16H25BrN2. The number of nitrogens with two attached hydrogens (primary N) is 1. The first-order valence-electron chi connectivity index (χ1n) is 7.28. The molecule has 3 N–H and O–H groups in total. The lowest BCUT2D eigenvalue weighted by Gasteiger charge is -2.42. The molecule has 0 atom stereocenters. The maximum absolute atomic E-state index is 6.07. The summed E-state index contributed by atoms with van der Waals surface area (Å²) in [5, 5.41) is 3.68. The first kappa shape index (κ1) is 14.9. The Kier molecular flexibility index (Phi) is 4.91. The Morgan fingerprint density at radius 3 is 2.32 bits per heavy atom. The third-order valence-corrected chi connectivity index (χ3v) is 5.10. The number of nitrogens with one attached hydrogen (secondary N) is 1. The zero-order chi connectivity index (χ0) is 13.9. The third-order valence-electron chi connectivity index (χ3n) is 4.57. The van der Waals surface area contributed by atoms with Gasteiger partial charge >= 0.3 is 0 Å². The number of hydrogen-bond donors (Lipinski definition) is 2. The number of anilines is 1. The molecule has 0 unspecified atom stereocenters. The van der Waals surface area contributed by atoms with Crippen molar-refractivity contribution in [1.82, 2.24) is 0 Å². The largest absolute Gasteiger partial charge is 0.378 e. The van der Waals surface area contributed by atoms with Crippen LogP contribution in [0.15, 0.2) is 28.7 Å². The third kappa shape index (κ3) is 3.73. The summed E-state index contributed by atoms with van der Waals surface area (Å²) in [7, 11) is 0. The van der Waals surface area contributed by atoms with Gasteiger partial charge in [0.1, 0.15) is 0 Å². The van der Waals surface area contributed by atoms with Gasteiger partial charge in [-0.2, -0.15) is 0 Å². The van der Waals surface area contributed by atoms with Crippen LogP contribution in [0.3, 0.4) is 0 Å². The SMILES string of the molecule is CC(C)C1CCC(CN)(Nc2ccc(Br)cc2)CC1. The van der Waals surface area contributed by atoms with Crippen molar-refractivity contribution in [3.05, 3.63) is 28.7 Å². The average Bonchev–Trinajstić information content (AvgIpc) is 2.42. The summed E-state index contributed by atoms with van der Waals surface area (Å²) in [4.78, 5) is 0. The summed E-state index contributed by atoms with van der Waals surface area (Å²) < 4.78 is 1.11. The Balaban J connectivity index is 2.02. The first-order chi connectivity index (χ1) is 9.04. The van der Waals surface area contributed by atoms with E-state index in [-0.39, 0.29) is 5.54 Å². The Morgan fingerprint density at radius 2 is 1.84 bits per heavy atom. The molecule has 0 saturated heterocycles. The second kappa shape index (κ2) is 6.27. The van der Waals surface area contributed by atoms with E-state index in [1.165, 1.54) is 31.4 Å². The molecule has 1 saturated carbocycles. The smallest absolute Gasteiger partial charge is 0.0495 e. The molecule has 106 valence electrons. The molecule has 1 aromatic carbocycles. The van der Waals surface area contributed by atoms with Crippen molar-refractivity contribution in [3.8, 4) is 0 Å². The monoisotopic (exact) mass is 324 g/mol. The summed E-state index contributed by atoms with van der Waals surface area (Å²) in [5.74, 6) is 1.66. The molecule has 0 aliphatic heterocycles. The predicted molar refractivity (Wildman–Crippen MR) is 86.3 cm³/mol. The normalized spacial score (nSPS) is 27.5. The van der Waals surface area contributed by atoms with Crippen molar-refractivity contribution in [3.63, 3.8) is 0 Å².